The van der Waals surface area contributed by atoms with E-state index in [9.17, 15) is 37.1 Å². The fraction of sp³-hybridized carbons (Fsp3) is 0.441. The molecule has 0 aliphatic carbocycles. The third-order valence-corrected chi connectivity index (χ3v) is 8.29. The number of aromatic nitrogens is 1. The fourth-order valence-corrected chi connectivity index (χ4v) is 5.71. The first-order valence-electron chi connectivity index (χ1n) is 16.8. The van der Waals surface area contributed by atoms with Gasteiger partial charge in [0, 0.05) is 68.3 Å². The highest BCUT2D eigenvalue weighted by Gasteiger charge is 2.38. The molecule has 0 atom stereocenters. The Morgan fingerprint density at radius 1 is 1.04 bits per heavy atom. The molecule has 2 aliphatic heterocycles. The third-order valence-electron chi connectivity index (χ3n) is 8.29. The standard InChI is InChI=1S/C34H42F3N9O6/c1-2-12-46(13-3-16-52-33(39)51)31(49)24-17-22-4-5-23(18-26(22)44-27(38)19-24)30(48)43-25-6-7-28(42-20-25)45-14-8-21(9-15-45)29(47)40-10-11-41-32(50)34(35,36)37/h4-7,17-18,20-21H,2-3,8-16,19H2,1H3,(H2,38,44)(H2,39,51)(H,40,47)(H,41,50)(H,43,48). The minimum absolute atomic E-state index is 0.0929. The van der Waals surface area contributed by atoms with Crippen LogP contribution in [0.1, 0.15) is 54.9 Å². The number of nitrogens with two attached hydrogens (primary N) is 2. The van der Waals surface area contributed by atoms with E-state index in [-0.39, 0.29) is 49.7 Å². The predicted molar refractivity (Wildman–Crippen MR) is 187 cm³/mol. The van der Waals surface area contributed by atoms with Gasteiger partial charge in [-0.2, -0.15) is 13.2 Å². The van der Waals surface area contributed by atoms with Crippen molar-refractivity contribution in [2.45, 2.75) is 45.2 Å². The monoisotopic (exact) mass is 729 g/mol. The zero-order valence-electron chi connectivity index (χ0n) is 28.6. The van der Waals surface area contributed by atoms with Gasteiger partial charge in [0.15, 0.2) is 0 Å². The number of carbonyl (C=O) groups excluding carboxylic acids is 5. The van der Waals surface area contributed by atoms with Crippen molar-refractivity contribution in [2.75, 3.05) is 56.1 Å². The summed E-state index contributed by atoms with van der Waals surface area (Å²) in [7, 11) is 0. The van der Waals surface area contributed by atoms with Crippen LogP contribution < -0.4 is 32.3 Å². The number of piperidine rings is 1. The van der Waals surface area contributed by atoms with Crippen molar-refractivity contribution < 1.29 is 41.9 Å². The number of anilines is 2. The topological polar surface area (TPSA) is 214 Å². The van der Waals surface area contributed by atoms with E-state index >= 15 is 0 Å². The molecule has 1 saturated heterocycles. The zero-order chi connectivity index (χ0) is 37.8. The minimum Gasteiger partial charge on any atom is -0.450 e. The number of amidine groups is 1. The van der Waals surface area contributed by atoms with Gasteiger partial charge in [-0.25, -0.2) is 14.8 Å². The number of aliphatic imine (C=N–C) groups is 1. The van der Waals surface area contributed by atoms with Crippen LogP contribution in [-0.2, 0) is 19.1 Å². The van der Waals surface area contributed by atoms with Crippen LogP contribution in [0.25, 0.3) is 6.08 Å². The Balaban J connectivity index is 1.30. The summed E-state index contributed by atoms with van der Waals surface area (Å²) in [5.74, 6) is -2.43. The molecule has 1 aromatic carbocycles. The van der Waals surface area contributed by atoms with Gasteiger partial charge >= 0.3 is 18.2 Å². The molecule has 2 aliphatic rings. The molecule has 15 nitrogen and oxygen atoms in total. The molecule has 52 heavy (non-hydrogen) atoms. The molecular formula is C34H42F3N9O6. The minimum atomic E-state index is -4.97. The lowest BCUT2D eigenvalue weighted by molar-refractivity contribution is -0.173. The molecule has 0 saturated carbocycles. The van der Waals surface area contributed by atoms with Gasteiger partial charge in [0.1, 0.15) is 11.7 Å². The number of rotatable bonds is 14. The van der Waals surface area contributed by atoms with Crippen LogP contribution >= 0.6 is 0 Å². The molecule has 18 heteroatoms. The van der Waals surface area contributed by atoms with Crippen molar-refractivity contribution in [1.29, 1.82) is 0 Å². The Morgan fingerprint density at radius 3 is 2.42 bits per heavy atom. The van der Waals surface area contributed by atoms with Crippen LogP contribution in [0.4, 0.5) is 35.2 Å². The number of ether oxygens (including phenoxy) is 1. The number of nitrogens with one attached hydrogen (secondary N) is 3. The van der Waals surface area contributed by atoms with E-state index in [4.69, 9.17) is 16.2 Å². The van der Waals surface area contributed by atoms with E-state index in [2.05, 4.69) is 20.6 Å². The van der Waals surface area contributed by atoms with Gasteiger partial charge in [-0.1, -0.05) is 13.0 Å². The summed E-state index contributed by atoms with van der Waals surface area (Å²) in [6.45, 7) is 3.49. The van der Waals surface area contributed by atoms with Crippen molar-refractivity contribution >= 4 is 58.8 Å². The number of nitrogens with zero attached hydrogens (tertiary/aromatic N) is 4. The molecule has 1 fully saturated rings. The normalized spacial score (nSPS) is 14.6. The number of alkyl halides is 3. The van der Waals surface area contributed by atoms with Gasteiger partial charge in [-0.15, -0.1) is 0 Å². The Bertz CT molecular complexity index is 1690. The first-order chi connectivity index (χ1) is 24.7. The van der Waals surface area contributed by atoms with Crippen molar-refractivity contribution in [3.05, 3.63) is 53.2 Å². The van der Waals surface area contributed by atoms with Gasteiger partial charge < -0.3 is 42.0 Å². The maximum Gasteiger partial charge on any atom is 0.471 e. The summed E-state index contributed by atoms with van der Waals surface area (Å²) in [6.07, 6.45) is -0.348. The highest BCUT2D eigenvalue weighted by molar-refractivity contribution is 6.08. The molecule has 0 bridgehead atoms. The van der Waals surface area contributed by atoms with Crippen molar-refractivity contribution in [2.24, 2.45) is 22.4 Å². The molecule has 1 aromatic heterocycles. The molecule has 280 valence electrons. The summed E-state index contributed by atoms with van der Waals surface area (Å²) < 4.78 is 41.6. The lowest BCUT2D eigenvalue weighted by Crippen LogP contribution is -2.44. The maximum atomic E-state index is 13.4. The second-order valence-electron chi connectivity index (χ2n) is 12.2. The average molecular weight is 730 g/mol. The van der Waals surface area contributed by atoms with Gasteiger partial charge in [0.25, 0.3) is 5.91 Å². The summed E-state index contributed by atoms with van der Waals surface area (Å²) >= 11 is 0. The number of halogens is 3. The average Bonchev–Trinajstić information content (AvgIpc) is 3.28. The van der Waals surface area contributed by atoms with Crippen molar-refractivity contribution in [3.63, 3.8) is 0 Å². The lowest BCUT2D eigenvalue weighted by Gasteiger charge is -2.32. The van der Waals surface area contributed by atoms with E-state index in [0.29, 0.717) is 79.3 Å². The van der Waals surface area contributed by atoms with Gasteiger partial charge in [0.05, 0.1) is 24.2 Å². The van der Waals surface area contributed by atoms with E-state index in [1.54, 1.807) is 46.6 Å². The molecule has 0 unspecified atom stereocenters. The Morgan fingerprint density at radius 2 is 1.77 bits per heavy atom. The number of hydrogen-bond acceptors (Lipinski definition) is 10. The number of carbonyl (C=O) groups is 5. The Kier molecular flexibility index (Phi) is 13.5. The first-order valence-corrected chi connectivity index (χ1v) is 16.8. The van der Waals surface area contributed by atoms with Crippen LogP contribution in [0.5, 0.6) is 0 Å². The fourth-order valence-electron chi connectivity index (χ4n) is 5.71. The summed E-state index contributed by atoms with van der Waals surface area (Å²) in [5, 5.41) is 7.09. The van der Waals surface area contributed by atoms with E-state index in [0.717, 1.165) is 6.42 Å². The molecular weight excluding hydrogens is 687 g/mol. The first kappa shape index (κ1) is 39.1. The lowest BCUT2D eigenvalue weighted by atomic mass is 9.96. The van der Waals surface area contributed by atoms with Crippen LogP contribution in [-0.4, -0.2) is 97.5 Å². The highest BCUT2D eigenvalue weighted by atomic mass is 19.4. The van der Waals surface area contributed by atoms with Crippen LogP contribution in [0.15, 0.2) is 47.1 Å². The van der Waals surface area contributed by atoms with Crippen LogP contribution in [0.3, 0.4) is 0 Å². The second kappa shape index (κ2) is 18.0. The van der Waals surface area contributed by atoms with Gasteiger partial charge in [0.2, 0.25) is 11.8 Å². The number of fused-ring (bicyclic) bond motifs is 1. The largest absolute Gasteiger partial charge is 0.471 e. The molecule has 7 N–H and O–H groups in total. The predicted octanol–water partition coefficient (Wildman–Crippen LogP) is 2.84. The SMILES string of the molecule is CCCN(CCCOC(N)=O)C(=O)C1=Cc2ccc(C(=O)Nc3ccc(N4CCC(C(=O)NCCNC(=O)C(F)(F)F)CC4)nc3)cc2N=C(N)C1. The molecule has 2 aromatic rings. The Labute approximate surface area is 298 Å². The smallest absolute Gasteiger partial charge is 0.450 e. The number of amides is 5. The molecule has 0 spiro atoms. The molecule has 0 radical (unpaired) electrons. The van der Waals surface area contributed by atoms with E-state index < -0.39 is 24.1 Å². The Hall–Kier alpha value is -5.68. The molecule has 3 heterocycles. The highest BCUT2D eigenvalue weighted by Crippen LogP contribution is 2.29. The summed E-state index contributed by atoms with van der Waals surface area (Å²) in [5.41, 5.74) is 13.5. The third kappa shape index (κ3) is 11.2. The van der Waals surface area contributed by atoms with Gasteiger partial charge in [-0.3, -0.25) is 19.2 Å². The van der Waals surface area contributed by atoms with Crippen molar-refractivity contribution in [3.8, 4) is 0 Å². The van der Waals surface area contributed by atoms with E-state index in [1.165, 1.54) is 6.20 Å². The molecule has 5 amide bonds. The number of hydrogen-bond donors (Lipinski definition) is 5. The second-order valence-corrected chi connectivity index (χ2v) is 12.2. The number of benzene rings is 1. The van der Waals surface area contributed by atoms with E-state index in [1.807, 2.05) is 11.8 Å². The van der Waals surface area contributed by atoms with Crippen molar-refractivity contribution in [1.82, 2.24) is 20.5 Å². The molecule has 4 rings (SSSR count). The number of pyridine rings is 1. The van der Waals surface area contributed by atoms with Crippen LogP contribution in [0, 0.1) is 5.92 Å². The van der Waals surface area contributed by atoms with Crippen LogP contribution in [0.2, 0.25) is 0 Å². The summed E-state index contributed by atoms with van der Waals surface area (Å²) in [6, 6.07) is 8.36. The number of primary amides is 1. The maximum absolute atomic E-state index is 13.4. The zero-order valence-corrected chi connectivity index (χ0v) is 28.6. The van der Waals surface area contributed by atoms with Gasteiger partial charge in [-0.05, 0) is 56.0 Å². The quantitative estimate of drug-likeness (QED) is 0.181. The summed E-state index contributed by atoms with van der Waals surface area (Å²) in [4.78, 5) is 73.4.